The number of rotatable bonds is 3. The fourth-order valence-corrected chi connectivity index (χ4v) is 5.28. The average Bonchev–Trinajstić information content (AvgIpc) is 3.18. The molecule has 0 spiro atoms. The van der Waals surface area contributed by atoms with Crippen molar-refractivity contribution in [2.24, 2.45) is 5.73 Å². The van der Waals surface area contributed by atoms with Crippen LogP contribution in [0.2, 0.25) is 0 Å². The lowest BCUT2D eigenvalue weighted by Gasteiger charge is -2.49. The molecule has 1 fully saturated rings. The predicted molar refractivity (Wildman–Crippen MR) is 125 cm³/mol. The number of fused-ring (bicyclic) bond motifs is 3. The van der Waals surface area contributed by atoms with Crippen LogP contribution < -0.4 is 10.5 Å². The molecule has 3 aromatic carbocycles. The highest BCUT2D eigenvalue weighted by atomic mass is 19.1. The molecule has 0 atom stereocenters. The molecular weight excluding hydrogens is 417 g/mol. The Morgan fingerprint density at radius 3 is 2.42 bits per heavy atom. The summed E-state index contributed by atoms with van der Waals surface area (Å²) in [4.78, 5) is 4.97. The number of imidazole rings is 1. The zero-order valence-corrected chi connectivity index (χ0v) is 18.3. The number of benzene rings is 3. The number of nitrogens with two attached hydrogens (primary N) is 1. The Kier molecular flexibility index (Phi) is 4.28. The van der Waals surface area contributed by atoms with Gasteiger partial charge < -0.3 is 15.6 Å². The van der Waals surface area contributed by atoms with Gasteiger partial charge in [0.25, 0.3) is 0 Å². The molecule has 4 aromatic rings. The molecule has 0 amide bonds. The van der Waals surface area contributed by atoms with Crippen molar-refractivity contribution in [3.63, 3.8) is 0 Å². The minimum absolute atomic E-state index is 0.296. The maximum Gasteiger partial charge on any atom is 0.167 e. The Balaban J connectivity index is 1.49. The first-order chi connectivity index (χ1) is 15.8. The van der Waals surface area contributed by atoms with Gasteiger partial charge in [-0.3, -0.25) is 4.57 Å². The first kappa shape index (κ1) is 20.1. The van der Waals surface area contributed by atoms with Gasteiger partial charge >= 0.3 is 0 Å². The quantitative estimate of drug-likeness (QED) is 0.465. The number of hydrogen-bond donors (Lipinski definition) is 2. The summed E-state index contributed by atoms with van der Waals surface area (Å²) in [6, 6.07) is 22.6. The van der Waals surface area contributed by atoms with Crippen LogP contribution >= 0.6 is 0 Å². The molecule has 0 unspecified atom stereocenters. The van der Waals surface area contributed by atoms with Crippen molar-refractivity contribution < 1.29 is 14.2 Å². The van der Waals surface area contributed by atoms with Crippen molar-refractivity contribution in [1.29, 1.82) is 0 Å². The van der Waals surface area contributed by atoms with Crippen LogP contribution in [0.3, 0.4) is 0 Å². The van der Waals surface area contributed by atoms with Gasteiger partial charge in [-0.2, -0.15) is 0 Å². The number of aliphatic hydroxyl groups is 1. The molecule has 6 heteroatoms. The number of aromatic nitrogens is 2. The van der Waals surface area contributed by atoms with E-state index < -0.39 is 11.1 Å². The Bertz CT molecular complexity index is 1350. The topological polar surface area (TPSA) is 73.3 Å². The summed E-state index contributed by atoms with van der Waals surface area (Å²) in [5.74, 6) is 0.974. The van der Waals surface area contributed by atoms with E-state index in [0.29, 0.717) is 36.7 Å². The average molecular weight is 442 g/mol. The molecule has 1 aliphatic carbocycles. The lowest BCUT2D eigenvalue weighted by Crippen LogP contribution is -2.58. The zero-order chi connectivity index (χ0) is 22.8. The smallest absolute Gasteiger partial charge is 0.167 e. The fraction of sp³-hybridized carbons (Fsp3) is 0.222. The van der Waals surface area contributed by atoms with Crippen molar-refractivity contribution in [1.82, 2.24) is 9.55 Å². The van der Waals surface area contributed by atoms with Crippen LogP contribution in [0, 0.1) is 5.82 Å². The second-order valence-corrected chi connectivity index (χ2v) is 9.42. The monoisotopic (exact) mass is 441 g/mol. The molecule has 2 heterocycles. The van der Waals surface area contributed by atoms with Crippen LogP contribution in [0.15, 0.2) is 72.8 Å². The molecule has 1 aromatic heterocycles. The first-order valence-electron chi connectivity index (χ1n) is 11.0. The molecule has 0 saturated heterocycles. The SMILES string of the molecule is C[C@]1(O)C[C@](N)(c2ccc(-c3nc4n(c3-c3ccccc3)COc3ccc(F)cc3-4)cc2)C1. The first-order valence-corrected chi connectivity index (χ1v) is 11.0. The van der Waals surface area contributed by atoms with Crippen molar-refractivity contribution >= 4 is 0 Å². The maximum absolute atomic E-state index is 14.1. The molecule has 6 rings (SSSR count). The highest BCUT2D eigenvalue weighted by molar-refractivity contribution is 5.83. The van der Waals surface area contributed by atoms with Crippen LogP contribution in [0.5, 0.6) is 5.75 Å². The van der Waals surface area contributed by atoms with Gasteiger partial charge in [0, 0.05) is 16.7 Å². The van der Waals surface area contributed by atoms with Crippen LogP contribution in [0.25, 0.3) is 33.9 Å². The molecule has 5 nitrogen and oxygen atoms in total. The van der Waals surface area contributed by atoms with E-state index in [2.05, 4.69) is 0 Å². The fourth-order valence-electron chi connectivity index (χ4n) is 5.28. The largest absolute Gasteiger partial charge is 0.472 e. The highest BCUT2D eigenvalue weighted by Crippen LogP contribution is 2.47. The molecule has 3 N–H and O–H groups in total. The molecule has 1 saturated carbocycles. The summed E-state index contributed by atoms with van der Waals surface area (Å²) in [6.07, 6.45) is 1.07. The molecule has 2 aliphatic rings. The standard InChI is InChI=1S/C27H24FN3O2/c1-26(32)14-27(29,15-26)19-9-7-17(8-10-19)23-24(18-5-3-2-4-6-18)31-16-33-22-12-11-20(28)13-21(22)25(31)30-23/h2-13,32H,14-16,29H2,1H3/t26-,27+. The molecule has 0 radical (unpaired) electrons. The van der Waals surface area contributed by atoms with Gasteiger partial charge in [-0.15, -0.1) is 0 Å². The van der Waals surface area contributed by atoms with Crippen molar-refractivity contribution in [3.05, 3.63) is 84.2 Å². The zero-order valence-electron chi connectivity index (χ0n) is 18.3. The van der Waals surface area contributed by atoms with E-state index in [9.17, 15) is 9.50 Å². The number of nitrogens with zero attached hydrogens (tertiary/aromatic N) is 2. The van der Waals surface area contributed by atoms with E-state index in [0.717, 1.165) is 28.1 Å². The Hall–Kier alpha value is -3.48. The van der Waals surface area contributed by atoms with E-state index in [1.165, 1.54) is 12.1 Å². The molecule has 33 heavy (non-hydrogen) atoms. The summed E-state index contributed by atoms with van der Waals surface area (Å²) in [5, 5.41) is 10.2. The van der Waals surface area contributed by atoms with Gasteiger partial charge in [0.1, 0.15) is 17.4 Å². The summed E-state index contributed by atoms with van der Waals surface area (Å²) in [7, 11) is 0. The normalized spacial score (nSPS) is 23.3. The predicted octanol–water partition coefficient (Wildman–Crippen LogP) is 5.07. The van der Waals surface area contributed by atoms with Crippen molar-refractivity contribution in [2.45, 2.75) is 37.6 Å². The van der Waals surface area contributed by atoms with Crippen LogP contribution in [-0.2, 0) is 12.3 Å². The minimum atomic E-state index is -0.709. The summed E-state index contributed by atoms with van der Waals surface area (Å²) >= 11 is 0. The summed E-state index contributed by atoms with van der Waals surface area (Å²) in [6.45, 7) is 2.11. The van der Waals surface area contributed by atoms with E-state index in [1.807, 2.05) is 66.1 Å². The van der Waals surface area contributed by atoms with Crippen LogP contribution in [0.4, 0.5) is 4.39 Å². The van der Waals surface area contributed by atoms with Gasteiger partial charge in [-0.25, -0.2) is 9.37 Å². The number of hydrogen-bond acceptors (Lipinski definition) is 4. The van der Waals surface area contributed by atoms with Crippen molar-refractivity contribution in [2.75, 3.05) is 0 Å². The summed E-state index contributed by atoms with van der Waals surface area (Å²) in [5.41, 5.74) is 10.6. The molecule has 0 bridgehead atoms. The number of halogens is 1. The van der Waals surface area contributed by atoms with E-state index in [4.69, 9.17) is 15.5 Å². The van der Waals surface area contributed by atoms with Gasteiger partial charge in [0.2, 0.25) is 0 Å². The van der Waals surface area contributed by atoms with E-state index in [-0.39, 0.29) is 5.82 Å². The molecule has 1 aliphatic heterocycles. The van der Waals surface area contributed by atoms with Crippen LogP contribution in [-0.4, -0.2) is 20.3 Å². The van der Waals surface area contributed by atoms with Crippen LogP contribution in [0.1, 0.15) is 25.3 Å². The Morgan fingerprint density at radius 2 is 1.73 bits per heavy atom. The molecular formula is C27H24FN3O2. The number of ether oxygens (including phenoxy) is 1. The third-order valence-corrected chi connectivity index (χ3v) is 6.67. The van der Waals surface area contributed by atoms with E-state index >= 15 is 0 Å². The van der Waals surface area contributed by atoms with Gasteiger partial charge in [0.05, 0.1) is 22.6 Å². The van der Waals surface area contributed by atoms with Gasteiger partial charge in [-0.05, 0) is 43.5 Å². The van der Waals surface area contributed by atoms with E-state index in [1.54, 1.807) is 6.07 Å². The van der Waals surface area contributed by atoms with Crippen molar-refractivity contribution in [3.8, 4) is 39.7 Å². The third-order valence-electron chi connectivity index (χ3n) is 6.67. The van der Waals surface area contributed by atoms with Gasteiger partial charge in [-0.1, -0.05) is 54.6 Å². The Morgan fingerprint density at radius 1 is 1.00 bits per heavy atom. The lowest BCUT2D eigenvalue weighted by molar-refractivity contribution is -0.0738. The Labute approximate surface area is 191 Å². The molecule has 166 valence electrons. The minimum Gasteiger partial charge on any atom is -0.472 e. The lowest BCUT2D eigenvalue weighted by atomic mass is 9.63. The van der Waals surface area contributed by atoms with Gasteiger partial charge in [0.15, 0.2) is 6.73 Å². The third kappa shape index (κ3) is 3.25. The summed E-state index contributed by atoms with van der Waals surface area (Å²) < 4.78 is 22.0. The second kappa shape index (κ2) is 7.01. The second-order valence-electron chi connectivity index (χ2n) is 9.42. The maximum atomic E-state index is 14.1. The highest BCUT2D eigenvalue weighted by Gasteiger charge is 2.49.